The third-order valence-corrected chi connectivity index (χ3v) is 5.87. The fourth-order valence-corrected chi connectivity index (χ4v) is 3.71. The zero-order valence-electron chi connectivity index (χ0n) is 20.3. The Balaban J connectivity index is 0.000000591. The van der Waals surface area contributed by atoms with E-state index in [9.17, 15) is 23.5 Å². The van der Waals surface area contributed by atoms with Crippen LogP contribution < -0.4 is 16.5 Å². The Kier molecular flexibility index (Phi) is 11.3. The van der Waals surface area contributed by atoms with Crippen molar-refractivity contribution in [3.63, 3.8) is 0 Å². The SMILES string of the molecule is CC(C)OC(=O)C(C)NPOCC1OC(n2cc(F)c(N)nc2=O)C(F)(CF)C1O.Oc1ccccc1. The van der Waals surface area contributed by atoms with Gasteiger partial charge in [-0.15, -0.1) is 0 Å². The molecule has 2 aromatic rings. The van der Waals surface area contributed by atoms with Gasteiger partial charge in [0.1, 0.15) is 30.7 Å². The molecule has 1 aliphatic rings. The van der Waals surface area contributed by atoms with Crippen LogP contribution in [-0.2, 0) is 18.8 Å². The van der Waals surface area contributed by atoms with Crippen LogP contribution in [0.15, 0.2) is 41.3 Å². The van der Waals surface area contributed by atoms with Gasteiger partial charge in [-0.3, -0.25) is 14.4 Å². The summed E-state index contributed by atoms with van der Waals surface area (Å²) in [6, 6.07) is 8.02. The molecule has 1 fully saturated rings. The highest BCUT2D eigenvalue weighted by Crippen LogP contribution is 2.42. The number of nitrogens with one attached hydrogen (secondary N) is 1. The van der Waals surface area contributed by atoms with Gasteiger partial charge in [0.15, 0.2) is 17.9 Å². The minimum atomic E-state index is -3.05. The molecule has 11 nitrogen and oxygen atoms in total. The molecule has 2 heterocycles. The maximum absolute atomic E-state index is 15.1. The van der Waals surface area contributed by atoms with Gasteiger partial charge in [0, 0.05) is 0 Å². The first-order valence-corrected chi connectivity index (χ1v) is 12.0. The van der Waals surface area contributed by atoms with E-state index in [0.29, 0.717) is 16.5 Å². The Labute approximate surface area is 212 Å². The number of para-hydroxylation sites is 1. The number of phenolic OH excluding ortho intramolecular Hbond substituents is 1. The summed E-state index contributed by atoms with van der Waals surface area (Å²) in [6.07, 6.45) is -5.15. The summed E-state index contributed by atoms with van der Waals surface area (Å²) >= 11 is 0. The molecule has 0 radical (unpaired) electrons. The number of aromatic hydroxyl groups is 1. The number of ether oxygens (including phenoxy) is 2. The van der Waals surface area contributed by atoms with E-state index < -0.39 is 75.7 Å². The number of phenols is 1. The molecule has 15 heteroatoms. The van der Waals surface area contributed by atoms with Gasteiger partial charge < -0.3 is 29.9 Å². The molecule has 3 rings (SSSR count). The number of halogens is 3. The van der Waals surface area contributed by atoms with Crippen molar-refractivity contribution < 1.29 is 42.2 Å². The van der Waals surface area contributed by atoms with Crippen LogP contribution in [0.5, 0.6) is 5.75 Å². The second kappa shape index (κ2) is 13.7. The number of anilines is 1. The van der Waals surface area contributed by atoms with Crippen LogP contribution in [-0.4, -0.2) is 69.0 Å². The number of hydrogen-bond donors (Lipinski definition) is 4. The number of nitrogens with two attached hydrogens (primary N) is 1. The van der Waals surface area contributed by atoms with Gasteiger partial charge in [0.2, 0.25) is 5.67 Å². The maximum atomic E-state index is 15.1. The molecule has 1 aromatic carbocycles. The van der Waals surface area contributed by atoms with Crippen LogP contribution in [0.3, 0.4) is 0 Å². The number of esters is 1. The van der Waals surface area contributed by atoms with E-state index in [0.717, 1.165) is 0 Å². The van der Waals surface area contributed by atoms with Crippen LogP contribution in [0, 0.1) is 5.82 Å². The Morgan fingerprint density at radius 2 is 2.00 bits per heavy atom. The number of carbonyl (C=O) groups is 1. The quantitative estimate of drug-likeness (QED) is 0.206. The zero-order chi connectivity index (χ0) is 27.8. The van der Waals surface area contributed by atoms with Crippen molar-refractivity contribution in [3.05, 3.63) is 52.8 Å². The van der Waals surface area contributed by atoms with Crippen molar-refractivity contribution in [2.75, 3.05) is 19.0 Å². The van der Waals surface area contributed by atoms with E-state index in [1.807, 2.05) is 6.07 Å². The van der Waals surface area contributed by atoms with E-state index in [-0.39, 0.29) is 6.10 Å². The van der Waals surface area contributed by atoms with Crippen molar-refractivity contribution in [2.45, 2.75) is 57.0 Å². The third kappa shape index (κ3) is 8.11. The number of carbonyl (C=O) groups excluding carboxylic acids is 1. The predicted molar refractivity (Wildman–Crippen MR) is 129 cm³/mol. The first-order chi connectivity index (χ1) is 17.4. The molecular formula is C22H30F3N4O7P. The topological polar surface area (TPSA) is 158 Å². The van der Waals surface area contributed by atoms with E-state index in [1.165, 1.54) is 0 Å². The molecular weight excluding hydrogens is 520 g/mol. The lowest BCUT2D eigenvalue weighted by molar-refractivity contribution is -0.148. The molecule has 0 aliphatic carbocycles. The van der Waals surface area contributed by atoms with Gasteiger partial charge in [-0.1, -0.05) is 18.2 Å². The monoisotopic (exact) mass is 550 g/mol. The molecule has 5 N–H and O–H groups in total. The second-order valence-electron chi connectivity index (χ2n) is 8.30. The van der Waals surface area contributed by atoms with E-state index >= 15 is 4.39 Å². The molecule has 0 amide bonds. The van der Waals surface area contributed by atoms with Crippen molar-refractivity contribution in [3.8, 4) is 5.75 Å². The summed E-state index contributed by atoms with van der Waals surface area (Å²) in [5.41, 5.74) is 0.954. The Bertz CT molecular complexity index is 1080. The van der Waals surface area contributed by atoms with Gasteiger partial charge in [-0.05, 0) is 32.9 Å². The number of nitrogens with zero attached hydrogens (tertiary/aromatic N) is 2. The molecule has 0 spiro atoms. The molecule has 37 heavy (non-hydrogen) atoms. The van der Waals surface area contributed by atoms with Crippen molar-refractivity contribution in [1.82, 2.24) is 14.6 Å². The van der Waals surface area contributed by atoms with E-state index in [4.69, 9.17) is 24.8 Å². The highest BCUT2D eigenvalue weighted by Gasteiger charge is 2.59. The van der Waals surface area contributed by atoms with Crippen molar-refractivity contribution in [1.29, 1.82) is 0 Å². The van der Waals surface area contributed by atoms with Gasteiger partial charge in [0.25, 0.3) is 0 Å². The molecule has 6 atom stereocenters. The summed E-state index contributed by atoms with van der Waals surface area (Å²) in [4.78, 5) is 26.8. The number of rotatable bonds is 9. The number of aromatic nitrogens is 2. The fourth-order valence-electron chi connectivity index (χ4n) is 3.08. The minimum absolute atomic E-state index is 0.292. The molecule has 0 bridgehead atoms. The van der Waals surface area contributed by atoms with Gasteiger partial charge in [0.05, 0.1) is 27.9 Å². The first-order valence-electron chi connectivity index (χ1n) is 11.1. The molecule has 206 valence electrons. The number of hydrogen-bond acceptors (Lipinski definition) is 10. The zero-order valence-corrected chi connectivity index (χ0v) is 21.3. The number of alkyl halides is 2. The van der Waals surface area contributed by atoms with Gasteiger partial charge in [-0.25, -0.2) is 18.0 Å². The molecule has 1 aliphatic heterocycles. The van der Waals surface area contributed by atoms with E-state index in [2.05, 4.69) is 10.1 Å². The fraction of sp³-hybridized carbons (Fsp3) is 0.500. The van der Waals surface area contributed by atoms with Crippen LogP contribution in [0.25, 0.3) is 0 Å². The normalized spacial score (nSPS) is 24.2. The number of nitrogen functional groups attached to an aromatic ring is 1. The Hall–Kier alpha value is -2.77. The molecule has 1 saturated heterocycles. The number of aliphatic hydroxyl groups is 1. The largest absolute Gasteiger partial charge is 0.508 e. The van der Waals surface area contributed by atoms with Crippen LogP contribution in [0.4, 0.5) is 19.0 Å². The maximum Gasteiger partial charge on any atom is 0.351 e. The molecule has 1 aromatic heterocycles. The minimum Gasteiger partial charge on any atom is -0.508 e. The summed E-state index contributed by atoms with van der Waals surface area (Å²) in [5, 5.41) is 21.5. The van der Waals surface area contributed by atoms with E-state index in [1.54, 1.807) is 45.0 Å². The summed E-state index contributed by atoms with van der Waals surface area (Å²) in [6.45, 7) is 2.82. The Morgan fingerprint density at radius 3 is 2.54 bits per heavy atom. The highest BCUT2D eigenvalue weighted by atomic mass is 31.1. The van der Waals surface area contributed by atoms with Crippen LogP contribution in [0.2, 0.25) is 0 Å². The predicted octanol–water partition coefficient (Wildman–Crippen LogP) is 1.75. The van der Waals surface area contributed by atoms with Crippen LogP contribution in [0.1, 0.15) is 27.0 Å². The van der Waals surface area contributed by atoms with Gasteiger partial charge in [-0.2, -0.15) is 4.98 Å². The van der Waals surface area contributed by atoms with Crippen molar-refractivity contribution in [2.24, 2.45) is 0 Å². The summed E-state index contributed by atoms with van der Waals surface area (Å²) in [5.74, 6) is -2.03. The lowest BCUT2D eigenvalue weighted by atomic mass is 9.97. The Morgan fingerprint density at radius 1 is 1.35 bits per heavy atom. The molecule has 6 unspecified atom stereocenters. The highest BCUT2D eigenvalue weighted by molar-refractivity contribution is 7.29. The van der Waals surface area contributed by atoms with Crippen molar-refractivity contribution >= 4 is 20.7 Å². The number of benzene rings is 1. The lowest BCUT2D eigenvalue weighted by Crippen LogP contribution is -2.47. The average Bonchev–Trinajstić information content (AvgIpc) is 3.10. The summed E-state index contributed by atoms with van der Waals surface area (Å²) in [7, 11) is -0.462. The third-order valence-electron chi connectivity index (χ3n) is 5.01. The average molecular weight is 550 g/mol. The number of aliphatic hydroxyl groups excluding tert-OH is 1. The van der Waals surface area contributed by atoms with Crippen LogP contribution >= 0.6 is 8.96 Å². The summed E-state index contributed by atoms with van der Waals surface area (Å²) < 4.78 is 58.1. The standard InChI is InChI=1S/C16H24F3N4O6P.C6H6O/c1-7(2)28-13(25)8(3)22-30-27-5-10-11(24)16(19,6-17)14(29-10)23-4-9(18)12(20)21-15(23)26;7-6-4-2-1-3-5-6/h4,7-8,10-11,14,22,24,30H,5-6H2,1-3H3,(H2,20,21,26);1-5,7H. The smallest absolute Gasteiger partial charge is 0.351 e. The lowest BCUT2D eigenvalue weighted by Gasteiger charge is -2.26. The molecule has 0 saturated carbocycles. The van der Waals surface area contributed by atoms with Gasteiger partial charge >= 0.3 is 11.7 Å². The first kappa shape index (κ1) is 30.5. The second-order valence-corrected chi connectivity index (χ2v) is 9.08.